The number of furan rings is 1. The van der Waals surface area contributed by atoms with Crippen LogP contribution < -0.4 is 19.5 Å². The van der Waals surface area contributed by atoms with E-state index in [1.54, 1.807) is 30.3 Å². The van der Waals surface area contributed by atoms with E-state index < -0.39 is 5.91 Å². The first-order valence-corrected chi connectivity index (χ1v) is 10.4. The molecule has 0 saturated carbocycles. The molecule has 0 aliphatic heterocycles. The van der Waals surface area contributed by atoms with Gasteiger partial charge in [0, 0.05) is 0 Å². The molecule has 0 unspecified atom stereocenters. The number of hydrogen-bond donors (Lipinski definition) is 1. The van der Waals surface area contributed by atoms with E-state index in [4.69, 9.17) is 18.6 Å². The minimum atomic E-state index is -0.489. The topological polar surface area (TPSA) is 93.7 Å². The molecule has 1 aromatic heterocycles. The summed E-state index contributed by atoms with van der Waals surface area (Å²) in [6, 6.07) is 16.7. The van der Waals surface area contributed by atoms with Crippen molar-refractivity contribution in [3.8, 4) is 23.3 Å². The number of ether oxygens (including phenoxy) is 3. The molecular weight excluding hydrogens is 420 g/mol. The van der Waals surface area contributed by atoms with Crippen molar-refractivity contribution in [2.45, 2.75) is 20.4 Å². The molecule has 1 heterocycles. The number of carbonyl (C=O) groups excluding carboxylic acids is 1. The first-order chi connectivity index (χ1) is 16.0. The highest BCUT2D eigenvalue weighted by molar-refractivity contribution is 6.01. The van der Waals surface area contributed by atoms with Crippen LogP contribution in [-0.4, -0.2) is 26.2 Å². The highest BCUT2D eigenvalue weighted by Crippen LogP contribution is 2.29. The third-order valence-electron chi connectivity index (χ3n) is 4.81. The van der Waals surface area contributed by atoms with Crippen LogP contribution >= 0.6 is 0 Å². The molecule has 170 valence electrons. The van der Waals surface area contributed by atoms with Gasteiger partial charge in [0.05, 0.1) is 19.9 Å². The summed E-state index contributed by atoms with van der Waals surface area (Å²) in [5.41, 5.74) is 2.80. The van der Waals surface area contributed by atoms with E-state index in [2.05, 4.69) is 5.32 Å². The maximum absolute atomic E-state index is 12.3. The van der Waals surface area contributed by atoms with E-state index in [1.807, 2.05) is 38.1 Å². The van der Waals surface area contributed by atoms with Crippen molar-refractivity contribution in [2.24, 2.45) is 0 Å². The summed E-state index contributed by atoms with van der Waals surface area (Å²) >= 11 is 0. The van der Waals surface area contributed by atoms with E-state index in [0.29, 0.717) is 36.0 Å². The smallest absolute Gasteiger partial charge is 0.262 e. The van der Waals surface area contributed by atoms with E-state index >= 15 is 0 Å². The fourth-order valence-corrected chi connectivity index (χ4v) is 3.05. The molecule has 1 N–H and O–H groups in total. The molecule has 1 amide bonds. The maximum atomic E-state index is 12.3. The van der Waals surface area contributed by atoms with Gasteiger partial charge in [0.15, 0.2) is 11.5 Å². The second kappa shape index (κ2) is 11.4. The zero-order chi connectivity index (χ0) is 23.6. The quantitative estimate of drug-likeness (QED) is 0.278. The number of nitrogens with zero attached hydrogens (tertiary/aromatic N) is 1. The van der Waals surface area contributed by atoms with E-state index in [9.17, 15) is 10.1 Å². The van der Waals surface area contributed by atoms with E-state index in [1.165, 1.54) is 19.4 Å². The standard InChI is InChI=1S/C26H26N2O5/c1-18-6-7-19(2)24(13-18)33-12-11-32-23-9-8-20(15-25(23)30-3)14-21(16-27)26(29)28-17-22-5-4-10-31-22/h4-10,13-15H,11-12,17H2,1-3H3,(H,28,29)/b21-14+. The Labute approximate surface area is 193 Å². The van der Waals surface area contributed by atoms with Gasteiger partial charge in [-0.1, -0.05) is 18.2 Å². The lowest BCUT2D eigenvalue weighted by Crippen LogP contribution is -2.23. The number of amides is 1. The van der Waals surface area contributed by atoms with Crippen LogP contribution in [-0.2, 0) is 11.3 Å². The average molecular weight is 447 g/mol. The SMILES string of the molecule is COc1cc(/C=C(\C#N)C(=O)NCc2ccco2)ccc1OCCOc1cc(C)ccc1C. The fourth-order valence-electron chi connectivity index (χ4n) is 3.05. The minimum absolute atomic E-state index is 0.0285. The highest BCUT2D eigenvalue weighted by Gasteiger charge is 2.11. The summed E-state index contributed by atoms with van der Waals surface area (Å²) in [6.45, 7) is 4.92. The number of methoxy groups -OCH3 is 1. The lowest BCUT2D eigenvalue weighted by Gasteiger charge is -2.13. The predicted octanol–water partition coefficient (Wildman–Crippen LogP) is 4.59. The van der Waals surface area contributed by atoms with Crippen molar-refractivity contribution in [2.75, 3.05) is 20.3 Å². The van der Waals surface area contributed by atoms with Crippen molar-refractivity contribution in [3.05, 3.63) is 82.8 Å². The van der Waals surface area contributed by atoms with Gasteiger partial charge in [0.1, 0.15) is 36.4 Å². The second-order valence-corrected chi connectivity index (χ2v) is 7.31. The number of nitrogens with one attached hydrogen (secondary N) is 1. The Morgan fingerprint density at radius 1 is 1.06 bits per heavy atom. The molecule has 3 aromatic rings. The predicted molar refractivity (Wildman–Crippen MR) is 124 cm³/mol. The van der Waals surface area contributed by atoms with Gasteiger partial charge in [0.25, 0.3) is 5.91 Å². The lowest BCUT2D eigenvalue weighted by molar-refractivity contribution is -0.117. The monoisotopic (exact) mass is 446 g/mol. The van der Waals surface area contributed by atoms with Crippen LogP contribution in [0.15, 0.2) is 64.8 Å². The Kier molecular flexibility index (Phi) is 8.14. The number of hydrogen-bond acceptors (Lipinski definition) is 6. The fraction of sp³-hybridized carbons (Fsp3) is 0.231. The third-order valence-corrected chi connectivity index (χ3v) is 4.81. The summed E-state index contributed by atoms with van der Waals surface area (Å²) < 4.78 is 22.2. The van der Waals surface area contributed by atoms with Crippen LogP contribution in [0.4, 0.5) is 0 Å². The van der Waals surface area contributed by atoms with Gasteiger partial charge < -0.3 is 23.9 Å². The second-order valence-electron chi connectivity index (χ2n) is 7.31. The first kappa shape index (κ1) is 23.5. The summed E-state index contributed by atoms with van der Waals surface area (Å²) in [7, 11) is 1.53. The van der Waals surface area contributed by atoms with Gasteiger partial charge in [-0.15, -0.1) is 0 Å². The van der Waals surface area contributed by atoms with Crippen molar-refractivity contribution < 1.29 is 23.4 Å². The third kappa shape index (κ3) is 6.65. The normalized spacial score (nSPS) is 10.9. The van der Waals surface area contributed by atoms with Gasteiger partial charge in [-0.3, -0.25) is 4.79 Å². The molecule has 7 heteroatoms. The Bertz CT molecular complexity index is 1160. The maximum Gasteiger partial charge on any atom is 0.262 e. The minimum Gasteiger partial charge on any atom is -0.493 e. The number of aryl methyl sites for hydroxylation is 2. The van der Waals surface area contributed by atoms with Gasteiger partial charge in [-0.05, 0) is 66.9 Å². The zero-order valence-electron chi connectivity index (χ0n) is 18.9. The molecule has 0 fully saturated rings. The highest BCUT2D eigenvalue weighted by atomic mass is 16.5. The molecule has 0 atom stereocenters. The van der Waals surface area contributed by atoms with Crippen LogP contribution in [0.5, 0.6) is 17.2 Å². The molecule has 0 aliphatic carbocycles. The van der Waals surface area contributed by atoms with Crippen molar-refractivity contribution in [1.29, 1.82) is 5.26 Å². The van der Waals surface area contributed by atoms with Crippen molar-refractivity contribution >= 4 is 12.0 Å². The van der Waals surface area contributed by atoms with Crippen LogP contribution in [0.1, 0.15) is 22.5 Å². The molecule has 2 aromatic carbocycles. The van der Waals surface area contributed by atoms with Gasteiger partial charge in [-0.2, -0.15) is 5.26 Å². The van der Waals surface area contributed by atoms with Crippen LogP contribution in [0.2, 0.25) is 0 Å². The summed E-state index contributed by atoms with van der Waals surface area (Å²) in [4.78, 5) is 12.3. The first-order valence-electron chi connectivity index (χ1n) is 10.4. The lowest BCUT2D eigenvalue weighted by atomic mass is 10.1. The van der Waals surface area contributed by atoms with E-state index in [0.717, 1.165) is 16.9 Å². The Hall–Kier alpha value is -4.18. The van der Waals surface area contributed by atoms with Gasteiger partial charge in [-0.25, -0.2) is 0 Å². The largest absolute Gasteiger partial charge is 0.493 e. The van der Waals surface area contributed by atoms with Crippen molar-refractivity contribution in [1.82, 2.24) is 5.32 Å². The molecule has 0 saturated heterocycles. The summed E-state index contributed by atoms with van der Waals surface area (Å²) in [6.07, 6.45) is 3.02. The molecule has 33 heavy (non-hydrogen) atoms. The molecule has 0 spiro atoms. The number of rotatable bonds is 10. The van der Waals surface area contributed by atoms with E-state index in [-0.39, 0.29) is 12.1 Å². The molecular formula is C26H26N2O5. The van der Waals surface area contributed by atoms with Crippen LogP contribution in [0.3, 0.4) is 0 Å². The van der Waals surface area contributed by atoms with Crippen LogP contribution in [0.25, 0.3) is 6.08 Å². The Morgan fingerprint density at radius 3 is 2.55 bits per heavy atom. The molecule has 7 nitrogen and oxygen atoms in total. The average Bonchev–Trinajstić information content (AvgIpc) is 3.35. The number of benzene rings is 2. The summed E-state index contributed by atoms with van der Waals surface area (Å²) in [5.74, 6) is 1.98. The molecule has 0 aliphatic rings. The molecule has 0 radical (unpaired) electrons. The summed E-state index contributed by atoms with van der Waals surface area (Å²) in [5, 5.41) is 12.1. The number of carbonyl (C=O) groups is 1. The Balaban J connectivity index is 1.60. The van der Waals surface area contributed by atoms with Gasteiger partial charge >= 0.3 is 0 Å². The van der Waals surface area contributed by atoms with Crippen molar-refractivity contribution in [3.63, 3.8) is 0 Å². The zero-order valence-corrected chi connectivity index (χ0v) is 18.9. The number of nitriles is 1. The molecule has 3 rings (SSSR count). The Morgan fingerprint density at radius 2 is 1.85 bits per heavy atom. The van der Waals surface area contributed by atoms with Gasteiger partial charge in [0.2, 0.25) is 0 Å². The molecule has 0 bridgehead atoms. The van der Waals surface area contributed by atoms with Crippen LogP contribution in [0, 0.1) is 25.2 Å².